The van der Waals surface area contributed by atoms with Crippen LogP contribution in [0.25, 0.3) is 0 Å². The summed E-state index contributed by atoms with van der Waals surface area (Å²) < 4.78 is 2.15. The third-order valence-electron chi connectivity index (χ3n) is 3.72. The number of halogens is 1. The second-order valence-corrected chi connectivity index (χ2v) is 5.58. The largest absolute Gasteiger partial charge is 0.313 e. The Morgan fingerprint density at radius 3 is 2.38 bits per heavy atom. The molecule has 0 spiro atoms. The molecule has 1 N–H and O–H groups in total. The van der Waals surface area contributed by atoms with Gasteiger partial charge in [-0.15, -0.1) is 0 Å². The maximum atomic E-state index is 5.95. The fraction of sp³-hybridized carbons (Fsp3) is 0.471. The standard InChI is InChI=1S/C17H24ClN3/c1-4-16-15(11-19-6-3)17(5-2)21(20-16)12-13-7-9-14(18)10-8-13/h7-10,19H,4-6,11-12H2,1-3H3. The topological polar surface area (TPSA) is 29.9 Å². The van der Waals surface area contributed by atoms with E-state index in [2.05, 4.69) is 42.9 Å². The molecule has 0 aliphatic heterocycles. The van der Waals surface area contributed by atoms with Crippen molar-refractivity contribution in [3.05, 3.63) is 51.8 Å². The molecule has 0 radical (unpaired) electrons. The number of aryl methyl sites for hydroxylation is 1. The molecule has 0 unspecified atom stereocenters. The van der Waals surface area contributed by atoms with Crippen molar-refractivity contribution < 1.29 is 0 Å². The number of benzene rings is 1. The average Bonchev–Trinajstić information content (AvgIpc) is 2.84. The summed E-state index contributed by atoms with van der Waals surface area (Å²) in [4.78, 5) is 0. The number of nitrogens with zero attached hydrogens (tertiary/aromatic N) is 2. The molecular weight excluding hydrogens is 282 g/mol. The SMILES string of the molecule is CCNCc1c(CC)nn(Cc2ccc(Cl)cc2)c1CC. The molecule has 21 heavy (non-hydrogen) atoms. The minimum atomic E-state index is 0.775. The molecule has 2 rings (SSSR count). The Bertz CT molecular complexity index is 572. The summed E-state index contributed by atoms with van der Waals surface area (Å²) in [5.41, 5.74) is 5.15. The Morgan fingerprint density at radius 2 is 1.81 bits per heavy atom. The van der Waals surface area contributed by atoms with E-state index < -0.39 is 0 Å². The molecule has 0 fully saturated rings. The van der Waals surface area contributed by atoms with Crippen molar-refractivity contribution in [2.24, 2.45) is 0 Å². The van der Waals surface area contributed by atoms with E-state index in [1.807, 2.05) is 12.1 Å². The molecule has 0 aliphatic carbocycles. The first-order valence-corrected chi connectivity index (χ1v) is 8.09. The van der Waals surface area contributed by atoms with Crippen LogP contribution in [0.4, 0.5) is 0 Å². The number of hydrogen-bond donors (Lipinski definition) is 1. The lowest BCUT2D eigenvalue weighted by atomic mass is 10.1. The lowest BCUT2D eigenvalue weighted by molar-refractivity contribution is 0.637. The smallest absolute Gasteiger partial charge is 0.0669 e. The van der Waals surface area contributed by atoms with Gasteiger partial charge in [-0.3, -0.25) is 4.68 Å². The second-order valence-electron chi connectivity index (χ2n) is 5.14. The van der Waals surface area contributed by atoms with Crippen LogP contribution in [0.1, 0.15) is 43.3 Å². The first-order chi connectivity index (χ1) is 10.2. The molecule has 114 valence electrons. The lowest BCUT2D eigenvalue weighted by Crippen LogP contribution is -2.14. The quantitative estimate of drug-likeness (QED) is 0.843. The average molecular weight is 306 g/mol. The van der Waals surface area contributed by atoms with Crippen molar-refractivity contribution in [1.29, 1.82) is 0 Å². The molecule has 0 atom stereocenters. The summed E-state index contributed by atoms with van der Waals surface area (Å²) in [6.45, 7) is 9.20. The third-order valence-corrected chi connectivity index (χ3v) is 3.97. The molecule has 1 aromatic carbocycles. The molecule has 3 nitrogen and oxygen atoms in total. The van der Waals surface area contributed by atoms with Gasteiger partial charge in [-0.2, -0.15) is 5.10 Å². The number of aromatic nitrogens is 2. The summed E-state index contributed by atoms with van der Waals surface area (Å²) in [7, 11) is 0. The van der Waals surface area contributed by atoms with Gasteiger partial charge in [0.25, 0.3) is 0 Å². The zero-order chi connectivity index (χ0) is 15.2. The zero-order valence-electron chi connectivity index (χ0n) is 13.1. The molecule has 0 saturated carbocycles. The van der Waals surface area contributed by atoms with Crippen LogP contribution < -0.4 is 5.32 Å². The van der Waals surface area contributed by atoms with Gasteiger partial charge in [-0.05, 0) is 37.1 Å². The molecule has 4 heteroatoms. The van der Waals surface area contributed by atoms with Gasteiger partial charge >= 0.3 is 0 Å². The molecule has 0 saturated heterocycles. The van der Waals surface area contributed by atoms with Crippen molar-refractivity contribution >= 4 is 11.6 Å². The lowest BCUT2D eigenvalue weighted by Gasteiger charge is -2.09. The second kappa shape index (κ2) is 7.62. The van der Waals surface area contributed by atoms with Crippen LogP contribution in [0.5, 0.6) is 0 Å². The molecule has 1 aromatic heterocycles. The molecule has 0 bridgehead atoms. The highest BCUT2D eigenvalue weighted by molar-refractivity contribution is 6.30. The van der Waals surface area contributed by atoms with Crippen molar-refractivity contribution in [3.63, 3.8) is 0 Å². The van der Waals surface area contributed by atoms with Gasteiger partial charge in [-0.25, -0.2) is 0 Å². The van der Waals surface area contributed by atoms with E-state index in [0.29, 0.717) is 0 Å². The minimum Gasteiger partial charge on any atom is -0.313 e. The van der Waals surface area contributed by atoms with Crippen LogP contribution in [0.15, 0.2) is 24.3 Å². The van der Waals surface area contributed by atoms with Gasteiger partial charge < -0.3 is 5.32 Å². The molecule has 2 aromatic rings. The predicted octanol–water partition coefficient (Wildman–Crippen LogP) is 3.82. The summed E-state index contributed by atoms with van der Waals surface area (Å²) in [6.07, 6.45) is 1.97. The summed E-state index contributed by atoms with van der Waals surface area (Å²) >= 11 is 5.95. The Labute approximate surface area is 132 Å². The highest BCUT2D eigenvalue weighted by Gasteiger charge is 2.15. The van der Waals surface area contributed by atoms with Gasteiger partial charge in [-0.1, -0.05) is 44.5 Å². The van der Waals surface area contributed by atoms with E-state index in [4.69, 9.17) is 16.7 Å². The van der Waals surface area contributed by atoms with Gasteiger partial charge in [0.05, 0.1) is 12.2 Å². The third kappa shape index (κ3) is 3.86. The van der Waals surface area contributed by atoms with E-state index in [1.54, 1.807) is 0 Å². The monoisotopic (exact) mass is 305 g/mol. The van der Waals surface area contributed by atoms with Crippen LogP contribution in [0.2, 0.25) is 5.02 Å². The van der Waals surface area contributed by atoms with Crippen molar-refractivity contribution in [3.8, 4) is 0 Å². The van der Waals surface area contributed by atoms with E-state index in [-0.39, 0.29) is 0 Å². The summed E-state index contributed by atoms with van der Waals surface area (Å²) in [5, 5.41) is 9.02. The normalized spacial score (nSPS) is 11.0. The highest BCUT2D eigenvalue weighted by atomic mass is 35.5. The van der Waals surface area contributed by atoms with E-state index in [1.165, 1.54) is 22.5 Å². The Hall–Kier alpha value is -1.32. The fourth-order valence-corrected chi connectivity index (χ4v) is 2.74. The zero-order valence-corrected chi connectivity index (χ0v) is 13.9. The Balaban J connectivity index is 2.29. The molecule has 0 amide bonds. The van der Waals surface area contributed by atoms with E-state index in [9.17, 15) is 0 Å². The summed E-state index contributed by atoms with van der Waals surface area (Å²) in [6, 6.07) is 8.01. The summed E-state index contributed by atoms with van der Waals surface area (Å²) in [5.74, 6) is 0. The Kier molecular flexibility index (Phi) is 5.83. The first-order valence-electron chi connectivity index (χ1n) is 7.72. The van der Waals surface area contributed by atoms with Crippen LogP contribution in [-0.4, -0.2) is 16.3 Å². The van der Waals surface area contributed by atoms with Crippen molar-refractivity contribution in [1.82, 2.24) is 15.1 Å². The maximum absolute atomic E-state index is 5.95. The van der Waals surface area contributed by atoms with E-state index >= 15 is 0 Å². The van der Waals surface area contributed by atoms with Gasteiger partial charge in [0.1, 0.15) is 0 Å². The van der Waals surface area contributed by atoms with Crippen molar-refractivity contribution in [2.75, 3.05) is 6.54 Å². The van der Waals surface area contributed by atoms with Crippen LogP contribution in [0, 0.1) is 0 Å². The van der Waals surface area contributed by atoms with Crippen LogP contribution in [-0.2, 0) is 25.9 Å². The van der Waals surface area contributed by atoms with Crippen LogP contribution >= 0.6 is 11.6 Å². The van der Waals surface area contributed by atoms with Crippen LogP contribution in [0.3, 0.4) is 0 Å². The highest BCUT2D eigenvalue weighted by Crippen LogP contribution is 2.18. The number of nitrogens with one attached hydrogen (secondary N) is 1. The molecular formula is C17H24ClN3. The van der Waals surface area contributed by atoms with Gasteiger partial charge in [0.15, 0.2) is 0 Å². The molecule has 1 heterocycles. The van der Waals surface area contributed by atoms with Gasteiger partial charge in [0, 0.05) is 22.8 Å². The first kappa shape index (κ1) is 16.1. The van der Waals surface area contributed by atoms with E-state index in [0.717, 1.165) is 37.5 Å². The predicted molar refractivity (Wildman–Crippen MR) is 88.9 cm³/mol. The fourth-order valence-electron chi connectivity index (χ4n) is 2.62. The molecule has 0 aliphatic rings. The minimum absolute atomic E-state index is 0.775. The van der Waals surface area contributed by atoms with Crippen molar-refractivity contribution in [2.45, 2.75) is 46.7 Å². The van der Waals surface area contributed by atoms with Gasteiger partial charge in [0.2, 0.25) is 0 Å². The maximum Gasteiger partial charge on any atom is 0.0669 e. The number of rotatable bonds is 7. The number of hydrogen-bond acceptors (Lipinski definition) is 2. The Morgan fingerprint density at radius 1 is 1.10 bits per heavy atom.